The van der Waals surface area contributed by atoms with Gasteiger partial charge in [0.15, 0.2) is 0 Å². The number of halogens is 2. The van der Waals surface area contributed by atoms with Crippen molar-refractivity contribution in [3.8, 4) is 0 Å². The molecule has 0 N–H and O–H groups in total. The number of Topliss-reactive ketones (excluding diaryl/α,β-unsaturated/α-hetero) is 1. The fraction of sp³-hybridized carbons (Fsp3) is 0.0588. The fourth-order valence-electron chi connectivity index (χ4n) is 2.30. The normalized spacial score (nSPS) is 16.5. The van der Waals surface area contributed by atoms with Crippen LogP contribution in [0, 0.1) is 6.92 Å². The lowest BCUT2D eigenvalue weighted by Crippen LogP contribution is -2.19. The minimum atomic E-state index is -3.99. The number of allylic oxidation sites excluding steroid dienone is 2. The van der Waals surface area contributed by atoms with Gasteiger partial charge in [-0.3, -0.25) is 4.79 Å². The smallest absolute Gasteiger partial charge is 0.282 e. The van der Waals surface area contributed by atoms with Gasteiger partial charge in [-0.15, -0.1) is 0 Å². The van der Waals surface area contributed by atoms with Gasteiger partial charge in [-0.25, -0.2) is 0 Å². The van der Waals surface area contributed by atoms with Crippen LogP contribution in [0.1, 0.15) is 21.5 Å². The molecular weight excluding hydrogens is 369 g/mol. The lowest BCUT2D eigenvalue weighted by Gasteiger charge is -2.17. The van der Waals surface area contributed by atoms with E-state index in [9.17, 15) is 13.2 Å². The molecule has 0 amide bonds. The zero-order valence-electron chi connectivity index (χ0n) is 12.5. The average Bonchev–Trinajstić information content (AvgIpc) is 2.57. The number of hydrogen-bond donors (Lipinski definition) is 0. The average molecular weight is 380 g/mol. The summed E-state index contributed by atoms with van der Waals surface area (Å²) in [4.78, 5) is 12.2. The van der Waals surface area contributed by atoms with Crippen molar-refractivity contribution in [3.63, 3.8) is 0 Å². The Labute approximate surface area is 149 Å². The first-order valence-corrected chi connectivity index (χ1v) is 9.12. The van der Waals surface area contributed by atoms with Gasteiger partial charge in [-0.2, -0.15) is 12.8 Å². The standard InChI is InChI=1S/C17H11Cl2NO3S/c1-10-6-8-11(9-7-10)24(22,23)20-16-12-4-2-3-5-13(12)17(21)15(19)14(16)18/h2-9H,1H3. The number of benzene rings is 2. The molecule has 0 spiro atoms. The molecule has 2 aromatic rings. The van der Waals surface area contributed by atoms with Gasteiger partial charge < -0.3 is 0 Å². The van der Waals surface area contributed by atoms with E-state index in [2.05, 4.69) is 4.40 Å². The zero-order valence-corrected chi connectivity index (χ0v) is 14.8. The number of carbonyl (C=O) groups excluding carboxylic acids is 1. The van der Waals surface area contributed by atoms with Gasteiger partial charge >= 0.3 is 0 Å². The molecule has 122 valence electrons. The van der Waals surface area contributed by atoms with Gasteiger partial charge in [0.25, 0.3) is 10.0 Å². The van der Waals surface area contributed by atoms with Crippen LogP contribution in [0.2, 0.25) is 0 Å². The predicted octanol–water partition coefficient (Wildman–Crippen LogP) is 4.06. The maximum absolute atomic E-state index is 12.6. The Morgan fingerprint density at radius 2 is 1.46 bits per heavy atom. The molecule has 0 saturated heterocycles. The monoisotopic (exact) mass is 379 g/mol. The van der Waals surface area contributed by atoms with E-state index >= 15 is 0 Å². The summed E-state index contributed by atoms with van der Waals surface area (Å²) >= 11 is 12.1. The number of sulfonamides is 1. The number of rotatable bonds is 2. The molecule has 0 bridgehead atoms. The molecule has 0 aliphatic heterocycles. The molecule has 2 aromatic carbocycles. The number of ketones is 1. The van der Waals surface area contributed by atoms with Crippen LogP contribution in [0.15, 0.2) is 67.9 Å². The highest BCUT2D eigenvalue weighted by atomic mass is 35.5. The van der Waals surface area contributed by atoms with Crippen LogP contribution in [-0.2, 0) is 10.0 Å². The van der Waals surface area contributed by atoms with E-state index in [4.69, 9.17) is 23.2 Å². The van der Waals surface area contributed by atoms with Gasteiger partial charge in [0.1, 0.15) is 10.7 Å². The molecule has 1 aliphatic carbocycles. The Bertz CT molecular complexity index is 1010. The van der Waals surface area contributed by atoms with Gasteiger partial charge in [-0.1, -0.05) is 65.2 Å². The Morgan fingerprint density at radius 3 is 2.08 bits per heavy atom. The largest absolute Gasteiger partial charge is 0.288 e. The summed E-state index contributed by atoms with van der Waals surface area (Å²) in [6.07, 6.45) is 0. The first kappa shape index (κ1) is 16.9. The molecule has 0 saturated carbocycles. The van der Waals surface area contributed by atoms with E-state index in [1.165, 1.54) is 12.1 Å². The second-order valence-electron chi connectivity index (χ2n) is 5.23. The SMILES string of the molecule is Cc1ccc(S(=O)(=O)N=C2C(Cl)=C(Cl)C(=O)c3ccccc32)cc1. The Morgan fingerprint density at radius 1 is 0.875 bits per heavy atom. The molecule has 7 heteroatoms. The summed E-state index contributed by atoms with van der Waals surface area (Å²) in [6.45, 7) is 1.85. The zero-order chi connectivity index (χ0) is 17.5. The number of hydrogen-bond acceptors (Lipinski definition) is 3. The predicted molar refractivity (Wildman–Crippen MR) is 94.4 cm³/mol. The summed E-state index contributed by atoms with van der Waals surface area (Å²) in [6, 6.07) is 12.8. The molecule has 0 heterocycles. The first-order chi connectivity index (χ1) is 11.3. The molecule has 0 atom stereocenters. The van der Waals surface area contributed by atoms with Gasteiger partial charge in [0, 0.05) is 11.1 Å². The van der Waals surface area contributed by atoms with Gasteiger partial charge in [0.2, 0.25) is 5.78 Å². The fourth-order valence-corrected chi connectivity index (χ4v) is 3.79. The maximum atomic E-state index is 12.6. The molecule has 3 rings (SSSR count). The van der Waals surface area contributed by atoms with Crippen LogP contribution < -0.4 is 0 Å². The van der Waals surface area contributed by atoms with Crippen LogP contribution >= 0.6 is 23.2 Å². The van der Waals surface area contributed by atoms with Crippen LogP contribution in [0.4, 0.5) is 0 Å². The summed E-state index contributed by atoms with van der Waals surface area (Å²) in [5.74, 6) is -0.455. The second kappa shape index (κ2) is 6.16. The minimum Gasteiger partial charge on any atom is -0.288 e. The van der Waals surface area contributed by atoms with Crippen LogP contribution in [-0.4, -0.2) is 19.9 Å². The van der Waals surface area contributed by atoms with Crippen LogP contribution in [0.3, 0.4) is 0 Å². The lowest BCUT2D eigenvalue weighted by molar-refractivity contribution is 0.104. The molecule has 4 nitrogen and oxygen atoms in total. The van der Waals surface area contributed by atoms with Crippen molar-refractivity contribution < 1.29 is 13.2 Å². The molecule has 0 radical (unpaired) electrons. The van der Waals surface area contributed by atoms with Crippen molar-refractivity contribution in [1.29, 1.82) is 0 Å². The Balaban J connectivity index is 2.21. The highest BCUT2D eigenvalue weighted by Gasteiger charge is 2.30. The molecule has 0 aromatic heterocycles. The highest BCUT2D eigenvalue weighted by molar-refractivity contribution is 7.90. The number of aryl methyl sites for hydroxylation is 1. The summed E-state index contributed by atoms with van der Waals surface area (Å²) < 4.78 is 29.0. The van der Waals surface area contributed by atoms with Gasteiger partial charge in [-0.05, 0) is 19.1 Å². The van der Waals surface area contributed by atoms with Crippen molar-refractivity contribution in [2.24, 2.45) is 4.40 Å². The number of fused-ring (bicyclic) bond motifs is 1. The summed E-state index contributed by atoms with van der Waals surface area (Å²) in [7, 11) is -3.99. The topological polar surface area (TPSA) is 63.6 Å². The van der Waals surface area contributed by atoms with E-state index in [1.54, 1.807) is 36.4 Å². The first-order valence-electron chi connectivity index (χ1n) is 6.92. The highest BCUT2D eigenvalue weighted by Crippen LogP contribution is 2.32. The minimum absolute atomic E-state index is 0.0301. The van der Waals surface area contributed by atoms with Crippen molar-refractivity contribution >= 4 is 44.7 Å². The van der Waals surface area contributed by atoms with Crippen molar-refractivity contribution in [3.05, 3.63) is 75.3 Å². The van der Waals surface area contributed by atoms with E-state index < -0.39 is 15.8 Å². The molecule has 0 fully saturated rings. The third-order valence-corrected chi connectivity index (χ3v) is 5.67. The van der Waals surface area contributed by atoms with Crippen LogP contribution in [0.25, 0.3) is 0 Å². The van der Waals surface area contributed by atoms with E-state index in [1.807, 2.05) is 6.92 Å². The number of carbonyl (C=O) groups is 1. The molecule has 24 heavy (non-hydrogen) atoms. The van der Waals surface area contributed by atoms with Crippen molar-refractivity contribution in [1.82, 2.24) is 0 Å². The second-order valence-corrected chi connectivity index (χ2v) is 7.59. The Kier molecular flexibility index (Phi) is 4.34. The van der Waals surface area contributed by atoms with E-state index in [0.717, 1.165) is 5.56 Å². The quantitative estimate of drug-likeness (QED) is 0.789. The Hall–Kier alpha value is -1.95. The lowest BCUT2D eigenvalue weighted by atomic mass is 9.94. The van der Waals surface area contributed by atoms with Crippen LogP contribution in [0.5, 0.6) is 0 Å². The maximum Gasteiger partial charge on any atom is 0.282 e. The molecule has 0 unspecified atom stereocenters. The van der Waals surface area contributed by atoms with Crippen molar-refractivity contribution in [2.75, 3.05) is 0 Å². The van der Waals surface area contributed by atoms with E-state index in [-0.39, 0.29) is 26.2 Å². The third-order valence-electron chi connectivity index (χ3n) is 3.56. The van der Waals surface area contributed by atoms with Crippen molar-refractivity contribution in [2.45, 2.75) is 11.8 Å². The summed E-state index contributed by atoms with van der Waals surface area (Å²) in [5, 5.41) is -0.413. The number of nitrogens with zero attached hydrogens (tertiary/aromatic N) is 1. The van der Waals surface area contributed by atoms with Gasteiger partial charge in [0.05, 0.1) is 9.93 Å². The molecular formula is C17H11Cl2NO3S. The third kappa shape index (κ3) is 2.90. The summed E-state index contributed by atoms with van der Waals surface area (Å²) in [5.41, 5.74) is 1.51. The molecule has 1 aliphatic rings. The van der Waals surface area contributed by atoms with E-state index in [0.29, 0.717) is 5.56 Å².